The molecule has 0 bridgehead atoms. The summed E-state index contributed by atoms with van der Waals surface area (Å²) in [6.45, 7) is 1.34. The molecule has 0 spiro atoms. The van der Waals surface area contributed by atoms with Crippen LogP contribution in [0, 0.1) is 0 Å². The normalized spacial score (nSPS) is 10.6. The number of nitrogens with one attached hydrogen (secondary N) is 1. The Balaban J connectivity index is 2.25. The van der Waals surface area contributed by atoms with Gasteiger partial charge in [-0.15, -0.1) is 0 Å². The summed E-state index contributed by atoms with van der Waals surface area (Å²) in [4.78, 5) is 4.27. The quantitative estimate of drug-likeness (QED) is 0.855. The molecule has 2 aromatic rings. The molecule has 0 aliphatic carbocycles. The van der Waals surface area contributed by atoms with Gasteiger partial charge in [0.2, 0.25) is 5.95 Å². The highest BCUT2D eigenvalue weighted by Crippen LogP contribution is 2.26. The Hall–Kier alpha value is -1.04. The predicted molar refractivity (Wildman–Crippen MR) is 76.6 cm³/mol. The minimum atomic E-state index is 0.634. The van der Waals surface area contributed by atoms with Gasteiger partial charge in [-0.3, -0.25) is 4.57 Å². The first kappa shape index (κ1) is 13.4. The van der Waals surface area contributed by atoms with Gasteiger partial charge in [-0.2, -0.15) is 0 Å². The Morgan fingerprint density at radius 3 is 3.06 bits per heavy atom. The highest BCUT2D eigenvalue weighted by molar-refractivity contribution is 9.10. The van der Waals surface area contributed by atoms with Crippen LogP contribution in [-0.2, 0) is 4.74 Å². The molecule has 0 radical (unpaired) electrons. The Labute approximate surface area is 119 Å². The highest BCUT2D eigenvalue weighted by atomic mass is 79.9. The molecule has 0 amide bonds. The lowest BCUT2D eigenvalue weighted by Gasteiger charge is -2.11. The predicted octanol–water partition coefficient (Wildman–Crippen LogP) is 3.35. The SMILES string of the molecule is COCCNc1nccn1-c1ccc(Cl)cc1Br. The number of anilines is 1. The van der Waals surface area contributed by atoms with Crippen molar-refractivity contribution in [3.63, 3.8) is 0 Å². The summed E-state index contributed by atoms with van der Waals surface area (Å²) in [5, 5.41) is 3.90. The van der Waals surface area contributed by atoms with Gasteiger partial charge in [0.25, 0.3) is 0 Å². The van der Waals surface area contributed by atoms with Gasteiger partial charge in [0, 0.05) is 35.5 Å². The van der Waals surface area contributed by atoms with Crippen LogP contribution in [0.4, 0.5) is 5.95 Å². The van der Waals surface area contributed by atoms with Crippen molar-refractivity contribution in [2.24, 2.45) is 0 Å². The summed E-state index contributed by atoms with van der Waals surface area (Å²) >= 11 is 9.43. The molecule has 1 aromatic carbocycles. The number of rotatable bonds is 5. The number of halogens is 2. The first-order chi connectivity index (χ1) is 8.72. The van der Waals surface area contributed by atoms with E-state index in [1.165, 1.54) is 0 Å². The number of hydrogen-bond acceptors (Lipinski definition) is 3. The average Bonchev–Trinajstić information content (AvgIpc) is 2.78. The van der Waals surface area contributed by atoms with Crippen molar-refractivity contribution < 1.29 is 4.74 Å². The van der Waals surface area contributed by atoms with E-state index in [1.54, 1.807) is 13.3 Å². The number of methoxy groups -OCH3 is 1. The number of hydrogen-bond donors (Lipinski definition) is 1. The average molecular weight is 331 g/mol. The van der Waals surface area contributed by atoms with Gasteiger partial charge in [0.15, 0.2) is 0 Å². The monoisotopic (exact) mass is 329 g/mol. The van der Waals surface area contributed by atoms with Gasteiger partial charge in [-0.1, -0.05) is 11.6 Å². The smallest absolute Gasteiger partial charge is 0.207 e. The summed E-state index contributed by atoms with van der Waals surface area (Å²) in [5.74, 6) is 0.773. The fraction of sp³-hybridized carbons (Fsp3) is 0.250. The molecular weight excluding hydrogens is 318 g/mol. The molecule has 1 N–H and O–H groups in total. The van der Waals surface area contributed by atoms with Crippen LogP contribution in [0.15, 0.2) is 35.1 Å². The Morgan fingerprint density at radius 2 is 2.33 bits per heavy atom. The summed E-state index contributed by atoms with van der Waals surface area (Å²) in [5.41, 5.74) is 0.983. The second-order valence-electron chi connectivity index (χ2n) is 3.64. The maximum absolute atomic E-state index is 5.93. The van der Waals surface area contributed by atoms with Crippen LogP contribution in [0.25, 0.3) is 5.69 Å². The lowest BCUT2D eigenvalue weighted by Crippen LogP contribution is -2.11. The number of ether oxygens (including phenoxy) is 1. The fourth-order valence-electron chi connectivity index (χ4n) is 1.57. The molecular formula is C12H13BrClN3O. The topological polar surface area (TPSA) is 39.1 Å². The van der Waals surface area contributed by atoms with Crippen molar-refractivity contribution in [2.45, 2.75) is 0 Å². The Kier molecular flexibility index (Phi) is 4.63. The van der Waals surface area contributed by atoms with Crippen LogP contribution in [0.2, 0.25) is 5.02 Å². The second kappa shape index (κ2) is 6.22. The van der Waals surface area contributed by atoms with Crippen LogP contribution < -0.4 is 5.32 Å². The number of aromatic nitrogens is 2. The maximum Gasteiger partial charge on any atom is 0.207 e. The van der Waals surface area contributed by atoms with E-state index in [2.05, 4.69) is 26.2 Å². The van der Waals surface area contributed by atoms with Gasteiger partial charge in [0.05, 0.1) is 12.3 Å². The standard InChI is InChI=1S/C12H13BrClN3O/c1-18-7-5-16-12-15-4-6-17(12)11-3-2-9(14)8-10(11)13/h2-4,6,8H,5,7H2,1H3,(H,15,16). The summed E-state index contributed by atoms with van der Waals surface area (Å²) < 4.78 is 7.87. The summed E-state index contributed by atoms with van der Waals surface area (Å²) in [7, 11) is 1.67. The van der Waals surface area contributed by atoms with E-state index in [1.807, 2.05) is 29.0 Å². The third kappa shape index (κ3) is 3.04. The van der Waals surface area contributed by atoms with Crippen LogP contribution in [0.1, 0.15) is 0 Å². The maximum atomic E-state index is 5.93. The van der Waals surface area contributed by atoms with Crippen molar-refractivity contribution in [1.82, 2.24) is 9.55 Å². The van der Waals surface area contributed by atoms with Crippen LogP contribution in [-0.4, -0.2) is 29.8 Å². The van der Waals surface area contributed by atoms with E-state index in [0.29, 0.717) is 18.2 Å². The molecule has 0 aliphatic heterocycles. The van der Waals surface area contributed by atoms with E-state index < -0.39 is 0 Å². The van der Waals surface area contributed by atoms with Crippen molar-refractivity contribution >= 4 is 33.5 Å². The molecule has 4 nitrogen and oxygen atoms in total. The summed E-state index contributed by atoms with van der Waals surface area (Å²) in [6, 6.07) is 5.64. The van der Waals surface area contributed by atoms with Crippen molar-refractivity contribution in [1.29, 1.82) is 0 Å². The first-order valence-corrected chi connectivity index (χ1v) is 6.61. The van der Waals surface area contributed by atoms with Gasteiger partial charge in [-0.05, 0) is 34.1 Å². The van der Waals surface area contributed by atoms with Crippen LogP contribution in [0.5, 0.6) is 0 Å². The van der Waals surface area contributed by atoms with E-state index in [-0.39, 0.29) is 0 Å². The van der Waals surface area contributed by atoms with Gasteiger partial charge < -0.3 is 10.1 Å². The Morgan fingerprint density at radius 1 is 1.50 bits per heavy atom. The van der Waals surface area contributed by atoms with E-state index >= 15 is 0 Å². The molecule has 0 saturated carbocycles. The first-order valence-electron chi connectivity index (χ1n) is 5.44. The zero-order valence-corrected chi connectivity index (χ0v) is 12.2. The van der Waals surface area contributed by atoms with E-state index in [9.17, 15) is 0 Å². The molecule has 1 heterocycles. The molecule has 18 heavy (non-hydrogen) atoms. The van der Waals surface area contributed by atoms with Crippen molar-refractivity contribution in [3.05, 3.63) is 40.1 Å². The number of nitrogens with zero attached hydrogens (tertiary/aromatic N) is 2. The molecule has 0 unspecified atom stereocenters. The summed E-state index contributed by atoms with van der Waals surface area (Å²) in [6.07, 6.45) is 3.64. The lowest BCUT2D eigenvalue weighted by atomic mass is 10.3. The molecule has 1 aromatic heterocycles. The van der Waals surface area contributed by atoms with Crippen LogP contribution in [0.3, 0.4) is 0 Å². The van der Waals surface area contributed by atoms with Crippen LogP contribution >= 0.6 is 27.5 Å². The zero-order chi connectivity index (χ0) is 13.0. The highest BCUT2D eigenvalue weighted by Gasteiger charge is 2.08. The molecule has 2 rings (SSSR count). The minimum absolute atomic E-state index is 0.634. The van der Waals surface area contributed by atoms with Crippen molar-refractivity contribution in [3.8, 4) is 5.69 Å². The minimum Gasteiger partial charge on any atom is -0.383 e. The molecule has 0 atom stereocenters. The van der Waals surface area contributed by atoms with E-state index in [4.69, 9.17) is 16.3 Å². The Bertz CT molecular complexity index is 530. The lowest BCUT2D eigenvalue weighted by molar-refractivity contribution is 0.210. The fourth-order valence-corrected chi connectivity index (χ4v) is 2.44. The van der Waals surface area contributed by atoms with Gasteiger partial charge in [-0.25, -0.2) is 4.98 Å². The molecule has 0 aliphatic rings. The van der Waals surface area contributed by atoms with Gasteiger partial charge >= 0.3 is 0 Å². The second-order valence-corrected chi connectivity index (χ2v) is 4.93. The zero-order valence-electron chi connectivity index (χ0n) is 9.86. The van der Waals surface area contributed by atoms with Crippen molar-refractivity contribution in [2.75, 3.05) is 25.6 Å². The molecule has 6 heteroatoms. The molecule has 0 fully saturated rings. The number of benzene rings is 1. The van der Waals surface area contributed by atoms with Gasteiger partial charge in [0.1, 0.15) is 0 Å². The molecule has 96 valence electrons. The number of imidazole rings is 1. The third-order valence-corrected chi connectivity index (χ3v) is 3.27. The molecule has 0 saturated heterocycles. The third-order valence-electron chi connectivity index (χ3n) is 2.40. The largest absolute Gasteiger partial charge is 0.383 e. The van der Waals surface area contributed by atoms with E-state index in [0.717, 1.165) is 16.1 Å².